The first-order valence-corrected chi connectivity index (χ1v) is 7.28. The summed E-state index contributed by atoms with van der Waals surface area (Å²) in [5, 5.41) is 5.08. The minimum atomic E-state index is -3.79. The molecule has 1 rings (SSSR count). The van der Waals surface area contributed by atoms with Gasteiger partial charge in [-0.3, -0.25) is 4.79 Å². The van der Waals surface area contributed by atoms with Crippen molar-refractivity contribution < 1.29 is 13.2 Å². The number of nitrogens with two attached hydrogens (primary N) is 1. The maximum absolute atomic E-state index is 12.1. The summed E-state index contributed by atoms with van der Waals surface area (Å²) in [4.78, 5) is 13.7. The molecule has 0 radical (unpaired) electrons. The molecule has 1 aromatic rings. The molecule has 0 saturated carbocycles. The van der Waals surface area contributed by atoms with Gasteiger partial charge in [-0.2, -0.15) is 0 Å². The maximum Gasteiger partial charge on any atom is 0.253 e. The van der Waals surface area contributed by atoms with E-state index in [1.54, 1.807) is 17.9 Å². The van der Waals surface area contributed by atoms with E-state index in [4.69, 9.17) is 5.14 Å². The molecule has 5 nitrogen and oxygen atoms in total. The van der Waals surface area contributed by atoms with Crippen molar-refractivity contribution in [1.29, 1.82) is 0 Å². The Labute approximate surface area is 108 Å². The van der Waals surface area contributed by atoms with Crippen LogP contribution in [0.3, 0.4) is 0 Å². The molecule has 0 spiro atoms. The summed E-state index contributed by atoms with van der Waals surface area (Å²) in [5.74, 6) is -0.186. The fourth-order valence-electron chi connectivity index (χ4n) is 1.73. The van der Waals surface area contributed by atoms with Gasteiger partial charge in [0.1, 0.15) is 0 Å². The number of hydrogen-bond donors (Lipinski definition) is 1. The van der Waals surface area contributed by atoms with E-state index < -0.39 is 10.0 Å². The molecule has 0 aromatic heterocycles. The minimum absolute atomic E-state index is 0.0296. The molecule has 0 aliphatic rings. The van der Waals surface area contributed by atoms with Crippen LogP contribution in [0.5, 0.6) is 0 Å². The number of rotatable bonds is 4. The van der Waals surface area contributed by atoms with Crippen molar-refractivity contribution in [2.24, 2.45) is 5.14 Å². The smallest absolute Gasteiger partial charge is 0.253 e. The fraction of sp³-hybridized carbons (Fsp3) is 0.417. The molecule has 0 heterocycles. The van der Waals surface area contributed by atoms with Gasteiger partial charge in [-0.05, 0) is 44.5 Å². The number of hydrogen-bond acceptors (Lipinski definition) is 3. The Bertz CT molecular complexity index is 548. The lowest BCUT2D eigenvalue weighted by Gasteiger charge is -2.19. The molecule has 1 amide bonds. The molecule has 6 heteroatoms. The van der Waals surface area contributed by atoms with E-state index in [0.717, 1.165) is 0 Å². The third kappa shape index (κ3) is 3.30. The zero-order valence-electron chi connectivity index (χ0n) is 10.8. The Morgan fingerprint density at radius 3 is 2.22 bits per heavy atom. The molecule has 0 atom stereocenters. The highest BCUT2D eigenvalue weighted by Crippen LogP contribution is 2.15. The molecule has 0 bridgehead atoms. The predicted octanol–water partition coefficient (Wildman–Crippen LogP) is 1.12. The Hall–Kier alpha value is -1.40. The number of benzene rings is 1. The third-order valence-electron chi connectivity index (χ3n) is 2.68. The van der Waals surface area contributed by atoms with Gasteiger partial charge in [-0.25, -0.2) is 13.6 Å². The van der Waals surface area contributed by atoms with Crippen molar-refractivity contribution in [1.82, 2.24) is 4.90 Å². The van der Waals surface area contributed by atoms with Gasteiger partial charge >= 0.3 is 0 Å². The summed E-state index contributed by atoms with van der Waals surface area (Å²) in [5.41, 5.74) is 1.04. The van der Waals surface area contributed by atoms with Gasteiger partial charge in [0.15, 0.2) is 0 Å². The Balaban J connectivity index is 3.26. The van der Waals surface area contributed by atoms with Gasteiger partial charge in [-0.1, -0.05) is 0 Å². The lowest BCUT2D eigenvalue weighted by Crippen LogP contribution is -2.30. The van der Waals surface area contributed by atoms with Gasteiger partial charge in [0, 0.05) is 18.7 Å². The number of nitrogens with zero attached hydrogens (tertiary/aromatic N) is 1. The zero-order chi connectivity index (χ0) is 13.9. The van der Waals surface area contributed by atoms with Gasteiger partial charge < -0.3 is 4.90 Å². The minimum Gasteiger partial charge on any atom is -0.339 e. The lowest BCUT2D eigenvalue weighted by atomic mass is 10.1. The summed E-state index contributed by atoms with van der Waals surface area (Å²) in [6, 6.07) is 4.44. The highest BCUT2D eigenvalue weighted by Gasteiger charge is 2.16. The number of carbonyl (C=O) groups is 1. The van der Waals surface area contributed by atoms with E-state index in [1.165, 1.54) is 12.1 Å². The summed E-state index contributed by atoms with van der Waals surface area (Å²) in [6.07, 6.45) is 0. The fourth-order valence-corrected chi connectivity index (χ4v) is 2.37. The number of amides is 1. The second kappa shape index (κ2) is 5.49. The summed E-state index contributed by atoms with van der Waals surface area (Å²) >= 11 is 0. The highest BCUT2D eigenvalue weighted by atomic mass is 32.2. The van der Waals surface area contributed by atoms with Crippen LogP contribution >= 0.6 is 0 Å². The van der Waals surface area contributed by atoms with Crippen LogP contribution in [0.4, 0.5) is 0 Å². The quantitative estimate of drug-likeness (QED) is 0.890. The van der Waals surface area contributed by atoms with Crippen LogP contribution in [0.25, 0.3) is 0 Å². The molecule has 0 fully saturated rings. The standard InChI is InChI=1S/C12H18N2O3S/c1-4-14(5-2)12(15)10-6-9(3)7-11(8-10)18(13,16)17/h6-8H,4-5H2,1-3H3,(H2,13,16,17). The molecule has 0 saturated heterocycles. The van der Waals surface area contributed by atoms with Crippen molar-refractivity contribution in [3.05, 3.63) is 29.3 Å². The first kappa shape index (κ1) is 14.7. The molecule has 2 N–H and O–H groups in total. The number of sulfonamides is 1. The first-order chi connectivity index (χ1) is 8.29. The van der Waals surface area contributed by atoms with Crippen molar-refractivity contribution in [2.45, 2.75) is 25.7 Å². The van der Waals surface area contributed by atoms with E-state index >= 15 is 0 Å². The molecular weight excluding hydrogens is 252 g/mol. The SMILES string of the molecule is CCN(CC)C(=O)c1cc(C)cc(S(N)(=O)=O)c1. The molecule has 1 aromatic carbocycles. The van der Waals surface area contributed by atoms with E-state index in [0.29, 0.717) is 24.2 Å². The summed E-state index contributed by atoms with van der Waals surface area (Å²) < 4.78 is 22.6. The highest BCUT2D eigenvalue weighted by molar-refractivity contribution is 7.89. The van der Waals surface area contributed by atoms with Crippen LogP contribution in [0.1, 0.15) is 29.8 Å². The zero-order valence-corrected chi connectivity index (χ0v) is 11.6. The van der Waals surface area contributed by atoms with Crippen LogP contribution in [0.2, 0.25) is 0 Å². The molecule has 0 aliphatic carbocycles. The van der Waals surface area contributed by atoms with Gasteiger partial charge in [-0.15, -0.1) is 0 Å². The normalized spacial score (nSPS) is 11.3. The monoisotopic (exact) mass is 270 g/mol. The van der Waals surface area contributed by atoms with Crippen LogP contribution in [0.15, 0.2) is 23.1 Å². The Morgan fingerprint density at radius 2 is 1.78 bits per heavy atom. The predicted molar refractivity (Wildman–Crippen MR) is 69.8 cm³/mol. The van der Waals surface area contributed by atoms with Crippen molar-refractivity contribution in [2.75, 3.05) is 13.1 Å². The van der Waals surface area contributed by atoms with Crippen LogP contribution in [-0.2, 0) is 10.0 Å². The van der Waals surface area contributed by atoms with Gasteiger partial charge in [0.2, 0.25) is 10.0 Å². The van der Waals surface area contributed by atoms with E-state index in [-0.39, 0.29) is 10.8 Å². The number of aryl methyl sites for hydroxylation is 1. The number of primary sulfonamides is 1. The van der Waals surface area contributed by atoms with Gasteiger partial charge in [0.05, 0.1) is 4.90 Å². The van der Waals surface area contributed by atoms with Crippen molar-refractivity contribution in [3.8, 4) is 0 Å². The number of carbonyl (C=O) groups excluding carboxylic acids is 1. The summed E-state index contributed by atoms with van der Waals surface area (Å²) in [6.45, 7) is 6.63. The van der Waals surface area contributed by atoms with E-state index in [9.17, 15) is 13.2 Å². The summed E-state index contributed by atoms with van der Waals surface area (Å²) in [7, 11) is -3.79. The molecular formula is C12H18N2O3S. The topological polar surface area (TPSA) is 80.5 Å². The van der Waals surface area contributed by atoms with Crippen LogP contribution in [-0.4, -0.2) is 32.3 Å². The average Bonchev–Trinajstić information content (AvgIpc) is 2.28. The van der Waals surface area contributed by atoms with Crippen LogP contribution < -0.4 is 5.14 Å². The molecule has 18 heavy (non-hydrogen) atoms. The lowest BCUT2D eigenvalue weighted by molar-refractivity contribution is 0.0772. The van der Waals surface area contributed by atoms with Crippen molar-refractivity contribution in [3.63, 3.8) is 0 Å². The maximum atomic E-state index is 12.1. The van der Waals surface area contributed by atoms with E-state index in [2.05, 4.69) is 0 Å². The molecule has 0 unspecified atom stereocenters. The van der Waals surface area contributed by atoms with Crippen molar-refractivity contribution >= 4 is 15.9 Å². The van der Waals surface area contributed by atoms with E-state index in [1.807, 2.05) is 13.8 Å². The Kier molecular flexibility index (Phi) is 4.48. The first-order valence-electron chi connectivity index (χ1n) is 5.73. The second-order valence-corrected chi connectivity index (χ2v) is 5.62. The molecule has 0 aliphatic heterocycles. The van der Waals surface area contributed by atoms with Gasteiger partial charge in [0.25, 0.3) is 5.91 Å². The average molecular weight is 270 g/mol. The largest absolute Gasteiger partial charge is 0.339 e. The Morgan fingerprint density at radius 1 is 1.22 bits per heavy atom. The third-order valence-corrected chi connectivity index (χ3v) is 3.57. The second-order valence-electron chi connectivity index (χ2n) is 4.06. The van der Waals surface area contributed by atoms with Crippen LogP contribution in [0, 0.1) is 6.92 Å². The molecule has 100 valence electrons.